The van der Waals surface area contributed by atoms with E-state index >= 15 is 0 Å². The van der Waals surface area contributed by atoms with Crippen molar-refractivity contribution < 1.29 is 14.3 Å². The minimum atomic E-state index is -0.702. The Bertz CT molecular complexity index is 558. The summed E-state index contributed by atoms with van der Waals surface area (Å²) in [5, 5.41) is 5.42. The van der Waals surface area contributed by atoms with Gasteiger partial charge in [0.1, 0.15) is 11.8 Å². The van der Waals surface area contributed by atoms with Crippen molar-refractivity contribution in [2.45, 2.75) is 46.2 Å². The van der Waals surface area contributed by atoms with Gasteiger partial charge in [-0.3, -0.25) is 4.79 Å². The van der Waals surface area contributed by atoms with Gasteiger partial charge in [0.05, 0.1) is 13.2 Å². The third-order valence-corrected chi connectivity index (χ3v) is 3.55. The lowest BCUT2D eigenvalue weighted by atomic mass is 10.0. The average molecular weight is 321 g/mol. The van der Waals surface area contributed by atoms with Crippen molar-refractivity contribution in [3.8, 4) is 5.75 Å². The number of nitrogens with one attached hydrogen (secondary N) is 2. The fourth-order valence-corrected chi connectivity index (χ4v) is 2.46. The zero-order valence-corrected chi connectivity index (χ0v) is 14.5. The summed E-state index contributed by atoms with van der Waals surface area (Å²) >= 11 is 0. The zero-order chi connectivity index (χ0) is 17.6. The Morgan fingerprint density at radius 3 is 2.39 bits per heavy atom. The van der Waals surface area contributed by atoms with Crippen molar-refractivity contribution in [2.24, 2.45) is 11.7 Å². The molecule has 0 bridgehead atoms. The average Bonchev–Trinajstić information content (AvgIpc) is 2.45. The highest BCUT2D eigenvalue weighted by molar-refractivity contribution is 5.86. The first-order valence-electron chi connectivity index (χ1n) is 7.75. The number of methoxy groups -OCH3 is 1. The van der Waals surface area contributed by atoms with Crippen LogP contribution in [-0.2, 0) is 4.79 Å². The van der Waals surface area contributed by atoms with Gasteiger partial charge in [0, 0.05) is 5.56 Å². The topological polar surface area (TPSA) is 93.4 Å². The number of nitrogens with two attached hydrogens (primary N) is 1. The molecule has 0 aromatic heterocycles. The van der Waals surface area contributed by atoms with Crippen LogP contribution in [0.3, 0.4) is 0 Å². The molecule has 0 aliphatic rings. The van der Waals surface area contributed by atoms with Gasteiger partial charge in [0.2, 0.25) is 5.91 Å². The SMILES string of the molecule is COc1ccc(C)cc1[C@@H](C)NC(=O)[C@@H](CC(C)C)NC(N)=O. The molecule has 23 heavy (non-hydrogen) atoms. The predicted molar refractivity (Wildman–Crippen MR) is 90.3 cm³/mol. The molecular formula is C17H27N3O3. The molecule has 0 saturated carbocycles. The summed E-state index contributed by atoms with van der Waals surface area (Å²) < 4.78 is 5.35. The molecule has 1 rings (SSSR count). The molecule has 2 atom stereocenters. The fraction of sp³-hybridized carbons (Fsp3) is 0.529. The van der Waals surface area contributed by atoms with E-state index in [9.17, 15) is 9.59 Å². The largest absolute Gasteiger partial charge is 0.496 e. The summed E-state index contributed by atoms with van der Waals surface area (Å²) in [6, 6.07) is 4.20. The molecule has 0 heterocycles. The molecule has 1 aromatic rings. The maximum atomic E-state index is 12.5. The lowest BCUT2D eigenvalue weighted by Gasteiger charge is -2.23. The molecule has 3 amide bonds. The maximum Gasteiger partial charge on any atom is 0.312 e. The van der Waals surface area contributed by atoms with E-state index in [0.29, 0.717) is 12.2 Å². The Balaban J connectivity index is 2.88. The first-order chi connectivity index (χ1) is 10.7. The molecule has 0 radical (unpaired) electrons. The van der Waals surface area contributed by atoms with Crippen LogP contribution in [0, 0.1) is 12.8 Å². The van der Waals surface area contributed by atoms with Gasteiger partial charge in [0.15, 0.2) is 0 Å². The lowest BCUT2D eigenvalue weighted by Crippen LogP contribution is -2.49. The molecule has 0 aliphatic carbocycles. The Kier molecular flexibility index (Phi) is 6.88. The van der Waals surface area contributed by atoms with Crippen molar-refractivity contribution in [2.75, 3.05) is 7.11 Å². The molecule has 0 saturated heterocycles. The van der Waals surface area contributed by atoms with E-state index in [-0.39, 0.29) is 17.9 Å². The second kappa shape index (κ2) is 8.41. The molecule has 0 unspecified atom stereocenters. The highest BCUT2D eigenvalue weighted by Gasteiger charge is 2.23. The summed E-state index contributed by atoms with van der Waals surface area (Å²) in [6.07, 6.45) is 0.520. The van der Waals surface area contributed by atoms with Crippen LogP contribution in [0.2, 0.25) is 0 Å². The normalized spacial score (nSPS) is 13.3. The lowest BCUT2D eigenvalue weighted by molar-refractivity contribution is -0.123. The molecule has 128 valence electrons. The third-order valence-electron chi connectivity index (χ3n) is 3.55. The number of rotatable bonds is 7. The minimum Gasteiger partial charge on any atom is -0.496 e. The van der Waals surface area contributed by atoms with Crippen LogP contribution in [0.1, 0.15) is 44.4 Å². The number of primary amides is 1. The van der Waals surface area contributed by atoms with Crippen molar-refractivity contribution in [3.05, 3.63) is 29.3 Å². The smallest absolute Gasteiger partial charge is 0.312 e. The molecule has 6 nitrogen and oxygen atoms in total. The quantitative estimate of drug-likeness (QED) is 0.719. The summed E-state index contributed by atoms with van der Waals surface area (Å²) in [5.74, 6) is 0.710. The number of benzene rings is 1. The van der Waals surface area contributed by atoms with Gasteiger partial charge >= 0.3 is 6.03 Å². The monoisotopic (exact) mass is 321 g/mol. The van der Waals surface area contributed by atoms with Crippen LogP contribution in [0.25, 0.3) is 0 Å². The van der Waals surface area contributed by atoms with Gasteiger partial charge in [0.25, 0.3) is 0 Å². The number of amides is 3. The Hall–Kier alpha value is -2.24. The summed E-state index contributed by atoms with van der Waals surface area (Å²) in [6.45, 7) is 7.82. The first-order valence-corrected chi connectivity index (χ1v) is 7.75. The number of ether oxygens (including phenoxy) is 1. The molecular weight excluding hydrogens is 294 g/mol. The molecule has 4 N–H and O–H groups in total. The fourth-order valence-electron chi connectivity index (χ4n) is 2.46. The van der Waals surface area contributed by atoms with Crippen LogP contribution in [0.15, 0.2) is 18.2 Å². The zero-order valence-electron chi connectivity index (χ0n) is 14.5. The number of hydrogen-bond donors (Lipinski definition) is 3. The minimum absolute atomic E-state index is 0.248. The molecule has 0 aliphatic heterocycles. The third kappa shape index (κ3) is 5.81. The Morgan fingerprint density at radius 2 is 1.87 bits per heavy atom. The van der Waals surface area contributed by atoms with E-state index in [1.807, 2.05) is 45.9 Å². The number of carbonyl (C=O) groups is 2. The van der Waals surface area contributed by atoms with Crippen molar-refractivity contribution >= 4 is 11.9 Å². The summed E-state index contributed by atoms with van der Waals surface area (Å²) in [4.78, 5) is 23.6. The second-order valence-electron chi connectivity index (χ2n) is 6.17. The number of urea groups is 1. The number of carbonyl (C=O) groups excluding carboxylic acids is 2. The van der Waals surface area contributed by atoms with Gasteiger partial charge in [-0.15, -0.1) is 0 Å². The first kappa shape index (κ1) is 18.8. The van der Waals surface area contributed by atoms with Gasteiger partial charge in [-0.05, 0) is 32.3 Å². The van der Waals surface area contributed by atoms with Gasteiger partial charge < -0.3 is 21.1 Å². The van der Waals surface area contributed by atoms with Crippen molar-refractivity contribution in [1.82, 2.24) is 10.6 Å². The number of hydrogen-bond acceptors (Lipinski definition) is 3. The van der Waals surface area contributed by atoms with Crippen LogP contribution < -0.4 is 21.1 Å². The van der Waals surface area contributed by atoms with E-state index < -0.39 is 12.1 Å². The molecule has 1 aromatic carbocycles. The van der Waals surface area contributed by atoms with E-state index in [1.165, 1.54) is 0 Å². The van der Waals surface area contributed by atoms with Crippen molar-refractivity contribution in [1.29, 1.82) is 0 Å². The highest BCUT2D eigenvalue weighted by Crippen LogP contribution is 2.26. The van der Waals surface area contributed by atoms with E-state index in [2.05, 4.69) is 10.6 Å². The molecule has 0 fully saturated rings. The van der Waals surface area contributed by atoms with Gasteiger partial charge in [-0.1, -0.05) is 31.5 Å². The van der Waals surface area contributed by atoms with Gasteiger partial charge in [-0.25, -0.2) is 4.79 Å². The van der Waals surface area contributed by atoms with Gasteiger partial charge in [-0.2, -0.15) is 0 Å². The predicted octanol–water partition coefficient (Wildman–Crippen LogP) is 2.26. The van der Waals surface area contributed by atoms with Crippen molar-refractivity contribution in [3.63, 3.8) is 0 Å². The Morgan fingerprint density at radius 1 is 1.22 bits per heavy atom. The maximum absolute atomic E-state index is 12.5. The highest BCUT2D eigenvalue weighted by atomic mass is 16.5. The molecule has 6 heteroatoms. The second-order valence-corrected chi connectivity index (χ2v) is 6.17. The summed E-state index contributed by atoms with van der Waals surface area (Å²) in [5.41, 5.74) is 7.14. The van der Waals surface area contributed by atoms with Crippen LogP contribution in [0.5, 0.6) is 5.75 Å². The van der Waals surface area contributed by atoms with E-state index in [0.717, 1.165) is 11.1 Å². The Labute approximate surface area is 137 Å². The molecule has 0 spiro atoms. The van der Waals surface area contributed by atoms with E-state index in [1.54, 1.807) is 7.11 Å². The van der Waals surface area contributed by atoms with Crippen LogP contribution >= 0.6 is 0 Å². The number of aryl methyl sites for hydroxylation is 1. The van der Waals surface area contributed by atoms with Crippen LogP contribution in [0.4, 0.5) is 4.79 Å². The van der Waals surface area contributed by atoms with E-state index in [4.69, 9.17) is 10.5 Å². The van der Waals surface area contributed by atoms with Crippen LogP contribution in [-0.4, -0.2) is 25.1 Å². The standard InChI is InChI=1S/C17H27N3O3/c1-10(2)8-14(20-17(18)22)16(21)19-12(4)13-9-11(3)6-7-15(13)23-5/h6-7,9-10,12,14H,8H2,1-5H3,(H,19,21)(H3,18,20,22)/t12-,14-/m1/s1. The summed E-state index contributed by atoms with van der Waals surface area (Å²) in [7, 11) is 1.60.